The topological polar surface area (TPSA) is 91.5 Å². The number of hydrogen-bond acceptors (Lipinski definition) is 4. The summed E-state index contributed by atoms with van der Waals surface area (Å²) in [4.78, 5) is 3.94. The minimum absolute atomic E-state index is 0.139. The Hall–Kier alpha value is -1.65. The van der Waals surface area contributed by atoms with Gasteiger partial charge in [-0.3, -0.25) is 15.4 Å². The largest absolute Gasteiger partial charge is 0.381 e. The second-order valence-electron chi connectivity index (χ2n) is 4.69. The highest BCUT2D eigenvalue weighted by Gasteiger charge is 2.21. The van der Waals surface area contributed by atoms with Crippen LogP contribution in [0.15, 0.2) is 6.20 Å². The number of nitrogen functional groups attached to an aromatic ring is 1. The Morgan fingerprint density at radius 2 is 2.06 bits per heavy atom. The molecule has 0 amide bonds. The molecule has 92 valence electrons. The lowest BCUT2D eigenvalue weighted by Gasteiger charge is -2.24. The molecule has 0 radical (unpaired) electrons. The van der Waals surface area contributed by atoms with Gasteiger partial charge in [0.2, 0.25) is 0 Å². The standard InChI is InChI=1S/C12H19N5/c1-8-7-16-10(13)12(15)17(8)11(14)9-5-3-2-4-6-9/h7,9,14-15H,2-6H2,1H3,(H2,13,16). The van der Waals surface area contributed by atoms with E-state index in [1.165, 1.54) is 19.3 Å². The number of aryl methyl sites for hydroxylation is 1. The van der Waals surface area contributed by atoms with Crippen molar-refractivity contribution in [2.75, 3.05) is 5.73 Å². The summed E-state index contributed by atoms with van der Waals surface area (Å²) in [7, 11) is 0. The van der Waals surface area contributed by atoms with Crippen LogP contribution in [0.25, 0.3) is 0 Å². The fourth-order valence-corrected chi connectivity index (χ4v) is 2.44. The van der Waals surface area contributed by atoms with Crippen LogP contribution in [0, 0.1) is 23.7 Å². The molecule has 1 saturated carbocycles. The van der Waals surface area contributed by atoms with Crippen molar-refractivity contribution in [3.05, 3.63) is 17.4 Å². The molecule has 1 aromatic heterocycles. The average molecular weight is 233 g/mol. The van der Waals surface area contributed by atoms with E-state index in [0.29, 0.717) is 5.84 Å². The van der Waals surface area contributed by atoms with Gasteiger partial charge in [-0.15, -0.1) is 0 Å². The molecule has 5 heteroatoms. The molecule has 5 nitrogen and oxygen atoms in total. The van der Waals surface area contributed by atoms with Crippen LogP contribution in [0.1, 0.15) is 37.8 Å². The highest BCUT2D eigenvalue weighted by atomic mass is 15.1. The summed E-state index contributed by atoms with van der Waals surface area (Å²) in [5, 5.41) is 16.2. The molecule has 2 rings (SSSR count). The van der Waals surface area contributed by atoms with Gasteiger partial charge >= 0.3 is 0 Å². The van der Waals surface area contributed by atoms with Crippen LogP contribution in [-0.4, -0.2) is 15.4 Å². The van der Waals surface area contributed by atoms with Crippen LogP contribution in [0.2, 0.25) is 0 Å². The number of anilines is 1. The van der Waals surface area contributed by atoms with E-state index >= 15 is 0 Å². The van der Waals surface area contributed by atoms with Crippen molar-refractivity contribution in [3.63, 3.8) is 0 Å². The molecular weight excluding hydrogens is 214 g/mol. The lowest BCUT2D eigenvalue weighted by molar-refractivity contribution is 0.430. The van der Waals surface area contributed by atoms with Crippen LogP contribution in [0.5, 0.6) is 0 Å². The number of nitrogens with two attached hydrogens (primary N) is 1. The van der Waals surface area contributed by atoms with Crippen molar-refractivity contribution >= 4 is 11.7 Å². The summed E-state index contributed by atoms with van der Waals surface area (Å²) in [6.45, 7) is 1.86. The van der Waals surface area contributed by atoms with E-state index in [1.807, 2.05) is 6.92 Å². The molecule has 0 spiro atoms. The summed E-state index contributed by atoms with van der Waals surface area (Å²) in [5.41, 5.74) is 6.59. The van der Waals surface area contributed by atoms with E-state index in [0.717, 1.165) is 18.5 Å². The third-order valence-electron chi connectivity index (χ3n) is 3.44. The molecule has 0 aliphatic heterocycles. The highest BCUT2D eigenvalue weighted by Crippen LogP contribution is 2.24. The second-order valence-corrected chi connectivity index (χ2v) is 4.69. The zero-order chi connectivity index (χ0) is 12.4. The monoisotopic (exact) mass is 233 g/mol. The minimum atomic E-state index is 0.139. The summed E-state index contributed by atoms with van der Waals surface area (Å²) >= 11 is 0. The fourth-order valence-electron chi connectivity index (χ4n) is 2.44. The van der Waals surface area contributed by atoms with Gasteiger partial charge in [0.25, 0.3) is 0 Å². The predicted molar refractivity (Wildman–Crippen MR) is 66.9 cm³/mol. The molecule has 4 N–H and O–H groups in total. The van der Waals surface area contributed by atoms with Gasteiger partial charge in [0, 0.05) is 17.8 Å². The molecule has 1 aliphatic rings. The highest BCUT2D eigenvalue weighted by molar-refractivity contribution is 5.84. The van der Waals surface area contributed by atoms with E-state index in [9.17, 15) is 0 Å². The van der Waals surface area contributed by atoms with Crippen molar-refractivity contribution in [2.24, 2.45) is 5.92 Å². The van der Waals surface area contributed by atoms with Gasteiger partial charge < -0.3 is 5.73 Å². The molecule has 1 aromatic rings. The van der Waals surface area contributed by atoms with Crippen molar-refractivity contribution in [3.8, 4) is 0 Å². The van der Waals surface area contributed by atoms with Gasteiger partial charge in [0.05, 0.1) is 0 Å². The van der Waals surface area contributed by atoms with Crippen LogP contribution >= 0.6 is 0 Å². The zero-order valence-corrected chi connectivity index (χ0v) is 10.2. The number of aromatic nitrogens is 2. The first kappa shape index (κ1) is 11.8. The van der Waals surface area contributed by atoms with E-state index in [4.69, 9.17) is 16.6 Å². The molecule has 17 heavy (non-hydrogen) atoms. The predicted octanol–water partition coefficient (Wildman–Crippen LogP) is 1.66. The van der Waals surface area contributed by atoms with Crippen molar-refractivity contribution in [1.82, 2.24) is 9.55 Å². The number of rotatable bonds is 1. The smallest absolute Gasteiger partial charge is 0.173 e. The Labute approximate surface area is 101 Å². The van der Waals surface area contributed by atoms with Crippen molar-refractivity contribution < 1.29 is 0 Å². The second kappa shape index (κ2) is 4.69. The molecular formula is C12H19N5. The lowest BCUT2D eigenvalue weighted by Crippen LogP contribution is -2.36. The van der Waals surface area contributed by atoms with Crippen LogP contribution < -0.4 is 11.2 Å². The Morgan fingerprint density at radius 3 is 2.71 bits per heavy atom. The molecule has 0 aromatic carbocycles. The zero-order valence-electron chi connectivity index (χ0n) is 10.2. The van der Waals surface area contributed by atoms with E-state index in [1.54, 1.807) is 10.8 Å². The number of hydrogen-bond donors (Lipinski definition) is 3. The van der Waals surface area contributed by atoms with Gasteiger partial charge in [-0.1, -0.05) is 19.3 Å². The van der Waals surface area contributed by atoms with Crippen molar-refractivity contribution in [1.29, 1.82) is 10.8 Å². The molecule has 0 atom stereocenters. The van der Waals surface area contributed by atoms with E-state index < -0.39 is 0 Å². The molecule has 0 bridgehead atoms. The van der Waals surface area contributed by atoms with Crippen LogP contribution in [0.4, 0.5) is 5.82 Å². The Morgan fingerprint density at radius 1 is 1.41 bits per heavy atom. The third-order valence-corrected chi connectivity index (χ3v) is 3.44. The molecule has 1 heterocycles. The first-order valence-electron chi connectivity index (χ1n) is 6.09. The number of nitrogens with zero attached hydrogens (tertiary/aromatic N) is 2. The molecule has 1 fully saturated rings. The molecule has 1 aliphatic carbocycles. The summed E-state index contributed by atoms with van der Waals surface area (Å²) in [5.74, 6) is 0.954. The van der Waals surface area contributed by atoms with Gasteiger partial charge in [-0.25, -0.2) is 4.98 Å². The van der Waals surface area contributed by atoms with E-state index in [-0.39, 0.29) is 17.2 Å². The lowest BCUT2D eigenvalue weighted by atomic mass is 9.88. The summed E-state index contributed by atoms with van der Waals surface area (Å²) < 4.78 is 1.62. The van der Waals surface area contributed by atoms with Crippen LogP contribution in [0.3, 0.4) is 0 Å². The fraction of sp³-hybridized carbons (Fsp3) is 0.583. The minimum Gasteiger partial charge on any atom is -0.381 e. The van der Waals surface area contributed by atoms with Gasteiger partial charge in [0.1, 0.15) is 5.84 Å². The van der Waals surface area contributed by atoms with Gasteiger partial charge in [0.15, 0.2) is 11.3 Å². The van der Waals surface area contributed by atoms with Gasteiger partial charge in [-0.05, 0) is 19.8 Å². The number of nitrogens with one attached hydrogen (secondary N) is 2. The Balaban J connectivity index is 2.36. The van der Waals surface area contributed by atoms with Gasteiger partial charge in [-0.2, -0.15) is 0 Å². The third kappa shape index (κ3) is 2.23. The van der Waals surface area contributed by atoms with Crippen molar-refractivity contribution in [2.45, 2.75) is 39.0 Å². The molecule has 0 saturated heterocycles. The Bertz CT molecular complexity index is 482. The Kier molecular flexibility index (Phi) is 3.26. The summed E-state index contributed by atoms with van der Waals surface area (Å²) in [6.07, 6.45) is 7.35. The maximum Gasteiger partial charge on any atom is 0.173 e. The van der Waals surface area contributed by atoms with E-state index in [2.05, 4.69) is 4.98 Å². The molecule has 0 unspecified atom stereocenters. The first-order valence-corrected chi connectivity index (χ1v) is 6.09. The van der Waals surface area contributed by atoms with Crippen LogP contribution in [-0.2, 0) is 0 Å². The quantitative estimate of drug-likeness (QED) is 0.508. The SMILES string of the molecule is Cc1cnc(N)c(=N)n1C(=N)C1CCCCC1. The summed E-state index contributed by atoms with van der Waals surface area (Å²) in [6, 6.07) is 0. The normalized spacial score (nSPS) is 17.0. The maximum absolute atomic E-state index is 8.26. The first-order chi connectivity index (χ1) is 8.11. The average Bonchev–Trinajstić information content (AvgIpc) is 2.35. The maximum atomic E-state index is 8.26.